The van der Waals surface area contributed by atoms with E-state index in [-0.39, 0.29) is 40.9 Å². The van der Waals surface area contributed by atoms with E-state index in [0.29, 0.717) is 21.6 Å². The van der Waals surface area contributed by atoms with E-state index in [9.17, 15) is 19.2 Å². The summed E-state index contributed by atoms with van der Waals surface area (Å²) in [6.07, 6.45) is 2.68. The van der Waals surface area contributed by atoms with E-state index in [1.54, 1.807) is 84.3 Å². The van der Waals surface area contributed by atoms with E-state index in [4.69, 9.17) is 19.9 Å². The molecule has 12 heteroatoms. The van der Waals surface area contributed by atoms with Crippen LogP contribution in [0.3, 0.4) is 0 Å². The molecule has 2 fully saturated rings. The maximum absolute atomic E-state index is 12.5. The van der Waals surface area contributed by atoms with Crippen LogP contribution < -0.4 is 11.4 Å². The van der Waals surface area contributed by atoms with Crippen molar-refractivity contribution in [2.75, 3.05) is 5.73 Å². The van der Waals surface area contributed by atoms with Gasteiger partial charge in [-0.05, 0) is 43.2 Å². The third-order valence-electron chi connectivity index (χ3n) is 8.10. The molecule has 2 aromatic carbocycles. The molecule has 0 unspecified atom stereocenters. The van der Waals surface area contributed by atoms with Crippen molar-refractivity contribution in [1.82, 2.24) is 9.55 Å². The monoisotopic (exact) mass is 667 g/mol. The first-order valence-electron chi connectivity index (χ1n) is 15.4. The highest BCUT2D eigenvalue weighted by Gasteiger charge is 2.46. The fourth-order valence-corrected chi connectivity index (χ4v) is 8.88. The highest BCUT2D eigenvalue weighted by molar-refractivity contribution is 8.00. The Morgan fingerprint density at radius 3 is 1.78 bits per heavy atom. The van der Waals surface area contributed by atoms with Gasteiger partial charge in [-0.25, -0.2) is 14.4 Å². The van der Waals surface area contributed by atoms with Gasteiger partial charge in [0.25, 0.3) is 0 Å². The minimum absolute atomic E-state index is 0.122. The number of nitrogens with zero attached hydrogens (tertiary/aromatic N) is 2. The first-order chi connectivity index (χ1) is 22.0. The molecule has 0 aliphatic carbocycles. The van der Waals surface area contributed by atoms with E-state index >= 15 is 0 Å². The largest absolute Gasteiger partial charge is 0.455 e. The molecule has 2 aliphatic rings. The van der Waals surface area contributed by atoms with Crippen molar-refractivity contribution in [3.63, 3.8) is 0 Å². The van der Waals surface area contributed by atoms with Crippen LogP contribution >= 0.6 is 23.5 Å². The number of ether oxygens (including phenoxy) is 3. The van der Waals surface area contributed by atoms with Gasteiger partial charge in [0.15, 0.2) is 11.5 Å². The summed E-state index contributed by atoms with van der Waals surface area (Å²) in [5.74, 6) is -0.647. The number of hydrogen-bond donors (Lipinski definition) is 1. The molecule has 3 heterocycles. The van der Waals surface area contributed by atoms with Crippen LogP contribution in [0.1, 0.15) is 73.6 Å². The lowest BCUT2D eigenvalue weighted by Gasteiger charge is -2.24. The van der Waals surface area contributed by atoms with E-state index in [1.165, 1.54) is 11.5 Å². The Kier molecular flexibility index (Phi) is 12.3. The van der Waals surface area contributed by atoms with E-state index in [1.807, 2.05) is 19.1 Å². The smallest absolute Gasteiger partial charge is 0.350 e. The number of carbonyl (C=O) groups excluding carboxylic acids is 3. The SMILES string of the molecule is CC[C@H]1S[C@@H](OC(C)=O)[C@H](OC(=O)c2ccccc2)[C@@H]1C.CC[C@H]1S[C@@H](n2ccc(N)nc2=O)[C@H](OC(=O)c2ccccc2)[C@@H]1C. The summed E-state index contributed by atoms with van der Waals surface area (Å²) in [7, 11) is 0. The number of thioether (sulfide) groups is 2. The van der Waals surface area contributed by atoms with Crippen molar-refractivity contribution in [3.05, 3.63) is 94.5 Å². The summed E-state index contributed by atoms with van der Waals surface area (Å²) in [5.41, 5.74) is 5.74. The molecular formula is C34H41N3O7S2. The number of anilines is 1. The fraction of sp³-hybridized carbons (Fsp3) is 0.441. The highest BCUT2D eigenvalue weighted by Crippen LogP contribution is 2.48. The lowest BCUT2D eigenvalue weighted by atomic mass is 9.99. The summed E-state index contributed by atoms with van der Waals surface area (Å²) in [6, 6.07) is 19.3. The van der Waals surface area contributed by atoms with Crippen LogP contribution in [0.2, 0.25) is 0 Å². The molecular weight excluding hydrogens is 627 g/mol. The summed E-state index contributed by atoms with van der Waals surface area (Å²) < 4.78 is 18.3. The first-order valence-corrected chi connectivity index (χ1v) is 17.3. The zero-order valence-electron chi connectivity index (χ0n) is 26.6. The van der Waals surface area contributed by atoms with Gasteiger partial charge in [0.1, 0.15) is 17.3 Å². The van der Waals surface area contributed by atoms with Gasteiger partial charge in [0.05, 0.1) is 11.1 Å². The summed E-state index contributed by atoms with van der Waals surface area (Å²) in [5, 5.41) is 0.305. The molecule has 2 saturated heterocycles. The van der Waals surface area contributed by atoms with Crippen LogP contribution in [0.15, 0.2) is 77.7 Å². The summed E-state index contributed by atoms with van der Waals surface area (Å²) in [6.45, 7) is 9.64. The second-order valence-corrected chi connectivity index (χ2v) is 14.0. The number of benzene rings is 2. The average Bonchev–Trinajstić information content (AvgIpc) is 3.52. The molecule has 2 aliphatic heterocycles. The van der Waals surface area contributed by atoms with E-state index < -0.39 is 23.3 Å². The molecule has 5 rings (SSSR count). The quantitative estimate of drug-likeness (QED) is 0.224. The molecule has 2 N–H and O–H groups in total. The zero-order chi connectivity index (χ0) is 33.4. The molecule has 0 amide bonds. The Balaban J connectivity index is 0.000000212. The molecule has 8 atom stereocenters. The Morgan fingerprint density at radius 1 is 0.783 bits per heavy atom. The van der Waals surface area contributed by atoms with Crippen LogP contribution in [0, 0.1) is 11.8 Å². The Labute approximate surface area is 277 Å². The maximum atomic E-state index is 12.5. The van der Waals surface area contributed by atoms with Gasteiger partial charge in [-0.1, -0.05) is 64.1 Å². The predicted octanol–water partition coefficient (Wildman–Crippen LogP) is 5.97. The van der Waals surface area contributed by atoms with Gasteiger partial charge in [0, 0.05) is 35.5 Å². The molecule has 10 nitrogen and oxygen atoms in total. The Bertz CT molecular complexity index is 1540. The number of nitrogens with two attached hydrogens (primary N) is 1. The minimum atomic E-state index is -0.429. The lowest BCUT2D eigenvalue weighted by Crippen LogP contribution is -2.35. The molecule has 246 valence electrons. The number of aromatic nitrogens is 2. The van der Waals surface area contributed by atoms with Crippen molar-refractivity contribution in [3.8, 4) is 0 Å². The van der Waals surface area contributed by atoms with Crippen molar-refractivity contribution < 1.29 is 28.6 Å². The van der Waals surface area contributed by atoms with Gasteiger partial charge in [-0.2, -0.15) is 4.98 Å². The van der Waals surface area contributed by atoms with Crippen LogP contribution in [0.4, 0.5) is 5.82 Å². The minimum Gasteiger partial charge on any atom is -0.455 e. The fourth-order valence-electron chi connectivity index (χ4n) is 5.58. The van der Waals surface area contributed by atoms with Gasteiger partial charge >= 0.3 is 23.6 Å². The number of hydrogen-bond acceptors (Lipinski definition) is 11. The Morgan fingerprint density at radius 2 is 1.28 bits per heavy atom. The molecule has 46 heavy (non-hydrogen) atoms. The van der Waals surface area contributed by atoms with Crippen molar-refractivity contribution in [1.29, 1.82) is 0 Å². The van der Waals surface area contributed by atoms with Crippen LogP contribution in [0.25, 0.3) is 0 Å². The normalized spacial score (nSPS) is 26.8. The average molecular weight is 668 g/mol. The van der Waals surface area contributed by atoms with Crippen LogP contribution in [-0.2, 0) is 19.0 Å². The molecule has 0 saturated carbocycles. The molecule has 3 aromatic rings. The zero-order valence-corrected chi connectivity index (χ0v) is 28.2. The highest BCUT2D eigenvalue weighted by atomic mass is 32.2. The number of rotatable bonds is 8. The molecule has 1 aromatic heterocycles. The van der Waals surface area contributed by atoms with Crippen molar-refractivity contribution in [2.45, 2.75) is 81.0 Å². The number of esters is 3. The van der Waals surface area contributed by atoms with Crippen LogP contribution in [-0.4, -0.2) is 55.6 Å². The second-order valence-electron chi connectivity index (χ2n) is 11.3. The van der Waals surface area contributed by atoms with E-state index in [0.717, 1.165) is 12.8 Å². The summed E-state index contributed by atoms with van der Waals surface area (Å²) >= 11 is 3.21. The van der Waals surface area contributed by atoms with Crippen molar-refractivity contribution in [2.24, 2.45) is 11.8 Å². The predicted molar refractivity (Wildman–Crippen MR) is 180 cm³/mol. The van der Waals surface area contributed by atoms with Crippen molar-refractivity contribution >= 4 is 47.2 Å². The summed E-state index contributed by atoms with van der Waals surface area (Å²) in [4.78, 5) is 52.0. The molecule has 0 bridgehead atoms. The van der Waals surface area contributed by atoms with E-state index in [2.05, 4.69) is 25.8 Å². The number of carbonyl (C=O) groups is 3. The molecule has 0 radical (unpaired) electrons. The standard InChI is InChI=1S/C18H21N3O3S.C16H20O4S/c1-3-13-11(2)15(24-17(22)12-7-5-4-6-8-12)16(25-13)21-10-9-14(19)20-18(21)23;1-4-13-10(2)14(16(21-13)19-11(3)17)20-15(18)12-8-6-5-7-9-12/h4-11,13,15-16H,3H2,1-2H3,(H2,19,20,23);5-10,13-14,16H,4H2,1-3H3/t11-,13-,15-,16-;10-,13-,14-,16-/m11/s1. The number of nitrogen functional groups attached to an aromatic ring is 1. The van der Waals surface area contributed by atoms with Crippen LogP contribution in [0.5, 0.6) is 0 Å². The van der Waals surface area contributed by atoms with Gasteiger partial charge in [-0.15, -0.1) is 23.5 Å². The maximum Gasteiger partial charge on any atom is 0.350 e. The second kappa shape index (κ2) is 16.2. The third kappa shape index (κ3) is 8.52. The van der Waals surface area contributed by atoms with Gasteiger partial charge in [0.2, 0.25) is 0 Å². The first kappa shape index (κ1) is 35.1. The van der Waals surface area contributed by atoms with Gasteiger partial charge < -0.3 is 19.9 Å². The van der Waals surface area contributed by atoms with Gasteiger partial charge in [-0.3, -0.25) is 9.36 Å². The third-order valence-corrected chi connectivity index (χ3v) is 11.7. The Hall–Kier alpha value is -3.77. The topological polar surface area (TPSA) is 140 Å². The molecule has 0 spiro atoms. The lowest BCUT2D eigenvalue weighted by molar-refractivity contribution is -0.146.